The molecule has 5 aromatic rings. The SMILES string of the molecule is COc1cc2nc([C@H]3CC[C@H](CN4CCC(c5cccn6c(N7CCC(=O)NC7=O)cnc56)CC4)CC3)sc2cc1NC(=O)c1cccc(C(F)(F)F)n1. The van der Waals surface area contributed by atoms with E-state index in [0.29, 0.717) is 41.6 Å². The van der Waals surface area contributed by atoms with Crippen molar-refractivity contribution in [2.45, 2.75) is 63.0 Å². The number of imide groups is 1. The van der Waals surface area contributed by atoms with Crippen LogP contribution in [0.15, 0.2) is 54.9 Å². The third-order valence-electron chi connectivity index (χ3n) is 10.9. The standard InChI is InChI=1S/C38H39F3N8O4S/c1-53-29-18-28-30(19-27(29)44-35(51)26-5-2-6-31(43-26)38(39,40)41)54-36(45-28)24-9-7-22(8-10-24)21-47-15-11-23(12-16-47)25-4-3-14-48-33(20-42-34(25)48)49-17-13-32(50)46-37(49)52/h2-6,14,18-20,22-24H,7-13,15-17,21H2,1H3,(H,44,51)(H,46,50,52)/t22-,24-. The number of methoxy groups -OCH3 is 1. The molecule has 2 saturated heterocycles. The summed E-state index contributed by atoms with van der Waals surface area (Å²) in [4.78, 5) is 54.3. The van der Waals surface area contributed by atoms with Gasteiger partial charge in [-0.2, -0.15) is 13.2 Å². The van der Waals surface area contributed by atoms with Gasteiger partial charge in [0.05, 0.1) is 34.2 Å². The van der Waals surface area contributed by atoms with Crippen molar-refractivity contribution in [3.63, 3.8) is 0 Å². The van der Waals surface area contributed by atoms with Gasteiger partial charge in [0.1, 0.15) is 28.6 Å². The number of thiazole rings is 1. The van der Waals surface area contributed by atoms with Gasteiger partial charge in [0.25, 0.3) is 5.91 Å². The summed E-state index contributed by atoms with van der Waals surface area (Å²) in [6.45, 7) is 3.42. The predicted octanol–water partition coefficient (Wildman–Crippen LogP) is 7.22. The molecule has 2 N–H and O–H groups in total. The molecule has 3 aliphatic rings. The van der Waals surface area contributed by atoms with Crippen LogP contribution in [0.25, 0.3) is 15.9 Å². The second-order valence-corrected chi connectivity index (χ2v) is 15.3. The fraction of sp³-hybridized carbons (Fsp3) is 0.421. The number of anilines is 2. The number of hydrogen-bond acceptors (Lipinski definition) is 9. The molecule has 6 heterocycles. The van der Waals surface area contributed by atoms with Crippen molar-refractivity contribution in [2.24, 2.45) is 5.92 Å². The summed E-state index contributed by atoms with van der Waals surface area (Å²) in [5.41, 5.74) is 1.66. The second kappa shape index (κ2) is 14.6. The Morgan fingerprint density at radius 2 is 1.80 bits per heavy atom. The highest BCUT2D eigenvalue weighted by Gasteiger charge is 2.34. The van der Waals surface area contributed by atoms with Crippen LogP contribution in [0.4, 0.5) is 29.5 Å². The first-order chi connectivity index (χ1) is 26.0. The van der Waals surface area contributed by atoms with Crippen LogP contribution in [0.1, 0.15) is 83.5 Å². The minimum atomic E-state index is -4.66. The number of ether oxygens (including phenoxy) is 1. The van der Waals surface area contributed by atoms with Gasteiger partial charge in [-0.05, 0) is 93.3 Å². The van der Waals surface area contributed by atoms with E-state index in [0.717, 1.165) is 91.2 Å². The Hall–Kier alpha value is -5.09. The number of nitrogens with one attached hydrogen (secondary N) is 2. The molecule has 0 spiro atoms. The van der Waals surface area contributed by atoms with Crippen molar-refractivity contribution in [3.8, 4) is 5.75 Å². The summed E-state index contributed by atoms with van der Waals surface area (Å²) in [5, 5.41) is 6.10. The number of aromatic nitrogens is 4. The van der Waals surface area contributed by atoms with E-state index in [-0.39, 0.29) is 18.0 Å². The molecule has 1 saturated carbocycles. The number of halogens is 3. The molecule has 2 aliphatic heterocycles. The highest BCUT2D eigenvalue weighted by molar-refractivity contribution is 7.18. The lowest BCUT2D eigenvalue weighted by atomic mass is 9.81. The highest BCUT2D eigenvalue weighted by Crippen LogP contribution is 2.42. The van der Waals surface area contributed by atoms with Gasteiger partial charge in [-0.25, -0.2) is 19.7 Å². The van der Waals surface area contributed by atoms with Crippen LogP contribution in [0, 0.1) is 5.92 Å². The number of likely N-dealkylation sites (tertiary alicyclic amines) is 1. The van der Waals surface area contributed by atoms with Gasteiger partial charge < -0.3 is 15.0 Å². The molecule has 3 fully saturated rings. The van der Waals surface area contributed by atoms with Crippen LogP contribution in [0.3, 0.4) is 0 Å². The zero-order valence-corrected chi connectivity index (χ0v) is 30.4. The molecule has 12 nitrogen and oxygen atoms in total. The van der Waals surface area contributed by atoms with Gasteiger partial charge in [-0.15, -0.1) is 11.3 Å². The first-order valence-electron chi connectivity index (χ1n) is 18.2. The molecule has 4 amide bonds. The molecule has 0 radical (unpaired) electrons. The summed E-state index contributed by atoms with van der Waals surface area (Å²) >= 11 is 1.58. The Kier molecular flexibility index (Phi) is 9.73. The van der Waals surface area contributed by atoms with Gasteiger partial charge in [0, 0.05) is 37.7 Å². The maximum Gasteiger partial charge on any atom is 0.433 e. The van der Waals surface area contributed by atoms with Crippen molar-refractivity contribution in [1.29, 1.82) is 0 Å². The van der Waals surface area contributed by atoms with E-state index in [1.54, 1.807) is 34.6 Å². The number of pyridine rings is 2. The number of piperidine rings is 1. The van der Waals surface area contributed by atoms with Crippen molar-refractivity contribution >= 4 is 56.6 Å². The van der Waals surface area contributed by atoms with Crippen LogP contribution in [0.5, 0.6) is 5.75 Å². The van der Waals surface area contributed by atoms with Crippen LogP contribution in [-0.4, -0.2) is 75.4 Å². The van der Waals surface area contributed by atoms with Gasteiger partial charge in [-0.3, -0.25) is 24.2 Å². The number of amides is 4. The van der Waals surface area contributed by atoms with E-state index in [1.807, 2.05) is 16.7 Å². The summed E-state index contributed by atoms with van der Waals surface area (Å²) in [6, 6.07) is 10.5. The average Bonchev–Trinajstić information content (AvgIpc) is 3.79. The first-order valence-corrected chi connectivity index (χ1v) is 19.0. The van der Waals surface area contributed by atoms with E-state index in [1.165, 1.54) is 18.7 Å². The molecule has 0 atom stereocenters. The quantitative estimate of drug-likeness (QED) is 0.170. The molecule has 282 valence electrons. The number of carbonyl (C=O) groups excluding carboxylic acids is 3. The van der Waals surface area contributed by atoms with E-state index in [2.05, 4.69) is 26.6 Å². The number of benzene rings is 1. The Morgan fingerprint density at radius 1 is 1.00 bits per heavy atom. The van der Waals surface area contributed by atoms with Gasteiger partial charge in [0.2, 0.25) is 5.91 Å². The number of imidazole rings is 1. The fourth-order valence-corrected chi connectivity index (χ4v) is 9.18. The number of urea groups is 1. The summed E-state index contributed by atoms with van der Waals surface area (Å²) in [6.07, 6.45) is 5.60. The average molecular weight is 761 g/mol. The third-order valence-corrected chi connectivity index (χ3v) is 12.0. The molecular formula is C38H39F3N8O4S. The molecule has 4 aromatic heterocycles. The highest BCUT2D eigenvalue weighted by atomic mass is 32.1. The largest absolute Gasteiger partial charge is 0.494 e. The lowest BCUT2D eigenvalue weighted by Gasteiger charge is -2.36. The van der Waals surface area contributed by atoms with Crippen molar-refractivity contribution in [1.82, 2.24) is 29.6 Å². The van der Waals surface area contributed by atoms with E-state index < -0.39 is 23.8 Å². The van der Waals surface area contributed by atoms with Crippen LogP contribution >= 0.6 is 11.3 Å². The Balaban J connectivity index is 0.859. The third kappa shape index (κ3) is 7.23. The van der Waals surface area contributed by atoms with E-state index in [9.17, 15) is 27.6 Å². The first kappa shape index (κ1) is 35.9. The normalized spacial score (nSPS) is 20.4. The molecule has 8 rings (SSSR count). The fourth-order valence-electron chi connectivity index (χ4n) is 8.02. The zero-order chi connectivity index (χ0) is 37.6. The minimum absolute atomic E-state index is 0.261. The molecule has 1 aromatic carbocycles. The number of fused-ring (bicyclic) bond motifs is 2. The molecule has 54 heavy (non-hydrogen) atoms. The van der Waals surface area contributed by atoms with Crippen LogP contribution in [-0.2, 0) is 11.0 Å². The molecule has 1 aliphatic carbocycles. The Morgan fingerprint density at radius 3 is 2.54 bits per heavy atom. The maximum absolute atomic E-state index is 13.2. The number of nitrogens with zero attached hydrogens (tertiary/aromatic N) is 6. The number of rotatable bonds is 8. The maximum atomic E-state index is 13.2. The molecule has 0 unspecified atom stereocenters. The van der Waals surface area contributed by atoms with Gasteiger partial charge >= 0.3 is 12.2 Å². The lowest BCUT2D eigenvalue weighted by molar-refractivity contribution is -0.141. The van der Waals surface area contributed by atoms with Crippen LogP contribution < -0.4 is 20.3 Å². The van der Waals surface area contributed by atoms with Crippen molar-refractivity contribution in [3.05, 3.63) is 76.8 Å². The topological polar surface area (TPSA) is 134 Å². The summed E-state index contributed by atoms with van der Waals surface area (Å²) in [7, 11) is 1.47. The van der Waals surface area contributed by atoms with Crippen molar-refractivity contribution < 1.29 is 32.3 Å². The predicted molar refractivity (Wildman–Crippen MR) is 197 cm³/mol. The second-order valence-electron chi connectivity index (χ2n) is 14.3. The van der Waals surface area contributed by atoms with E-state index >= 15 is 0 Å². The monoisotopic (exact) mass is 760 g/mol. The number of hydrogen-bond donors (Lipinski definition) is 2. The Labute approximate surface area is 312 Å². The van der Waals surface area contributed by atoms with E-state index in [4.69, 9.17) is 14.7 Å². The zero-order valence-electron chi connectivity index (χ0n) is 29.6. The molecular weight excluding hydrogens is 722 g/mol. The summed E-state index contributed by atoms with van der Waals surface area (Å²) < 4.78 is 47.8. The lowest BCUT2D eigenvalue weighted by Crippen LogP contribution is -2.50. The molecule has 0 bridgehead atoms. The van der Waals surface area contributed by atoms with Gasteiger partial charge in [0.15, 0.2) is 0 Å². The minimum Gasteiger partial charge on any atom is -0.494 e. The number of alkyl halides is 3. The Bertz CT molecular complexity index is 2220. The van der Waals surface area contributed by atoms with Crippen LogP contribution in [0.2, 0.25) is 0 Å². The number of carbonyl (C=O) groups is 3. The van der Waals surface area contributed by atoms with Crippen molar-refractivity contribution in [2.75, 3.05) is 43.5 Å². The smallest absolute Gasteiger partial charge is 0.433 e. The van der Waals surface area contributed by atoms with Gasteiger partial charge in [-0.1, -0.05) is 12.1 Å². The molecule has 16 heteroatoms. The summed E-state index contributed by atoms with van der Waals surface area (Å²) in [5.74, 6) is 1.32.